The molecule has 0 unspecified atom stereocenters. The molecule has 0 spiro atoms. The third kappa shape index (κ3) is 2.77. The number of aromatic nitrogens is 2. The van der Waals surface area contributed by atoms with E-state index in [2.05, 4.69) is 9.97 Å². The van der Waals surface area contributed by atoms with Gasteiger partial charge in [0.15, 0.2) is 5.16 Å². The third-order valence-electron chi connectivity index (χ3n) is 2.93. The number of nitrogens with two attached hydrogens (primary N) is 1. The smallest absolute Gasteiger partial charge is 0.171 e. The zero-order valence-corrected chi connectivity index (χ0v) is 12.6. The van der Waals surface area contributed by atoms with Crippen molar-refractivity contribution in [2.75, 3.05) is 12.8 Å². The molecule has 0 saturated carbocycles. The lowest BCUT2D eigenvalue weighted by Gasteiger charge is -2.04. The zero-order chi connectivity index (χ0) is 15.0. The molecule has 0 radical (unpaired) electrons. The number of halogens is 2. The van der Waals surface area contributed by atoms with Gasteiger partial charge in [0.05, 0.1) is 23.2 Å². The van der Waals surface area contributed by atoms with Gasteiger partial charge < -0.3 is 15.5 Å². The van der Waals surface area contributed by atoms with Gasteiger partial charge >= 0.3 is 0 Å². The van der Waals surface area contributed by atoms with Crippen molar-refractivity contribution in [3.8, 4) is 5.75 Å². The predicted octanol–water partition coefficient (Wildman–Crippen LogP) is 4.10. The molecule has 108 valence electrons. The van der Waals surface area contributed by atoms with Crippen LogP contribution in [-0.4, -0.2) is 17.1 Å². The molecule has 7 heteroatoms. The topological polar surface area (TPSA) is 63.9 Å². The molecule has 0 saturated heterocycles. The Morgan fingerprint density at radius 3 is 2.90 bits per heavy atom. The van der Waals surface area contributed by atoms with Crippen LogP contribution in [0.15, 0.2) is 40.4 Å². The van der Waals surface area contributed by atoms with E-state index in [0.29, 0.717) is 15.7 Å². The van der Waals surface area contributed by atoms with E-state index in [9.17, 15) is 4.39 Å². The van der Waals surface area contributed by atoms with Crippen LogP contribution in [0.2, 0.25) is 5.02 Å². The molecule has 3 aromatic rings. The van der Waals surface area contributed by atoms with Crippen molar-refractivity contribution in [3.05, 3.63) is 41.2 Å². The Kier molecular flexibility index (Phi) is 3.65. The number of nitrogens with one attached hydrogen (secondary N) is 1. The van der Waals surface area contributed by atoms with Gasteiger partial charge in [0.1, 0.15) is 11.6 Å². The Bertz CT molecular complexity index is 821. The Morgan fingerprint density at radius 2 is 2.14 bits per heavy atom. The van der Waals surface area contributed by atoms with Crippen LogP contribution in [0.25, 0.3) is 11.0 Å². The molecule has 0 amide bonds. The highest BCUT2D eigenvalue weighted by Crippen LogP contribution is 2.35. The maximum absolute atomic E-state index is 13.3. The first-order chi connectivity index (χ1) is 10.1. The standard InChI is InChI=1S/C14H11ClFN3OS/c1-20-7-2-3-11-12(4-7)19-14(18-11)21-13-5-8(15)9(16)6-10(13)17/h2-6H,17H2,1H3,(H,18,19). The number of hydrogen-bond donors (Lipinski definition) is 2. The zero-order valence-electron chi connectivity index (χ0n) is 11.0. The average molecular weight is 324 g/mol. The van der Waals surface area contributed by atoms with Gasteiger partial charge in [-0.05, 0) is 36.0 Å². The van der Waals surface area contributed by atoms with Crippen molar-refractivity contribution in [2.24, 2.45) is 0 Å². The number of rotatable bonds is 3. The molecule has 0 aliphatic rings. The summed E-state index contributed by atoms with van der Waals surface area (Å²) in [7, 11) is 1.61. The molecular formula is C14H11ClFN3OS. The Morgan fingerprint density at radius 1 is 1.33 bits per heavy atom. The van der Waals surface area contributed by atoms with Crippen molar-refractivity contribution >= 4 is 40.1 Å². The quantitative estimate of drug-likeness (QED) is 0.712. The molecule has 0 fully saturated rings. The largest absolute Gasteiger partial charge is 0.497 e. The summed E-state index contributed by atoms with van der Waals surface area (Å²) in [5, 5.41) is 0.678. The number of benzene rings is 2. The number of methoxy groups -OCH3 is 1. The lowest BCUT2D eigenvalue weighted by molar-refractivity contribution is 0.415. The van der Waals surface area contributed by atoms with Gasteiger partial charge in [0.2, 0.25) is 0 Å². The summed E-state index contributed by atoms with van der Waals surface area (Å²) in [5.41, 5.74) is 7.78. The SMILES string of the molecule is COc1ccc2nc(Sc3cc(Cl)c(F)cc3N)[nH]c2c1. The van der Waals surface area contributed by atoms with Gasteiger partial charge in [0.25, 0.3) is 0 Å². The second kappa shape index (κ2) is 5.46. The van der Waals surface area contributed by atoms with E-state index in [0.717, 1.165) is 16.8 Å². The molecule has 0 aliphatic heterocycles. The minimum atomic E-state index is -0.534. The minimum Gasteiger partial charge on any atom is -0.497 e. The number of ether oxygens (including phenoxy) is 1. The van der Waals surface area contributed by atoms with Gasteiger partial charge in [-0.25, -0.2) is 9.37 Å². The summed E-state index contributed by atoms with van der Waals surface area (Å²) in [4.78, 5) is 8.24. The molecule has 0 atom stereocenters. The van der Waals surface area contributed by atoms with Crippen molar-refractivity contribution in [2.45, 2.75) is 10.1 Å². The molecule has 21 heavy (non-hydrogen) atoms. The second-order valence-electron chi connectivity index (χ2n) is 4.33. The number of anilines is 1. The molecule has 1 aromatic heterocycles. The van der Waals surface area contributed by atoms with E-state index in [1.807, 2.05) is 18.2 Å². The summed E-state index contributed by atoms with van der Waals surface area (Å²) in [5.74, 6) is 0.208. The molecule has 3 rings (SSSR count). The average Bonchev–Trinajstić information content (AvgIpc) is 2.85. The van der Waals surface area contributed by atoms with E-state index in [4.69, 9.17) is 22.1 Å². The highest BCUT2D eigenvalue weighted by atomic mass is 35.5. The van der Waals surface area contributed by atoms with Crippen LogP contribution in [0.1, 0.15) is 0 Å². The van der Waals surface area contributed by atoms with Gasteiger partial charge in [-0.2, -0.15) is 0 Å². The van der Waals surface area contributed by atoms with E-state index in [1.165, 1.54) is 23.9 Å². The fourth-order valence-corrected chi connectivity index (χ4v) is 2.97. The normalized spacial score (nSPS) is 11.0. The first-order valence-corrected chi connectivity index (χ1v) is 7.22. The molecule has 3 N–H and O–H groups in total. The maximum Gasteiger partial charge on any atom is 0.171 e. The molecule has 0 bridgehead atoms. The fourth-order valence-electron chi connectivity index (χ4n) is 1.88. The van der Waals surface area contributed by atoms with Gasteiger partial charge in [-0.1, -0.05) is 11.6 Å². The van der Waals surface area contributed by atoms with Crippen LogP contribution < -0.4 is 10.5 Å². The van der Waals surface area contributed by atoms with E-state index < -0.39 is 5.82 Å². The van der Waals surface area contributed by atoms with Crippen LogP contribution in [-0.2, 0) is 0 Å². The van der Waals surface area contributed by atoms with Crippen molar-refractivity contribution in [1.29, 1.82) is 0 Å². The Hall–Kier alpha value is -1.92. The van der Waals surface area contributed by atoms with Gasteiger partial charge in [0, 0.05) is 16.6 Å². The highest BCUT2D eigenvalue weighted by molar-refractivity contribution is 7.99. The Labute approximate surface area is 129 Å². The monoisotopic (exact) mass is 323 g/mol. The van der Waals surface area contributed by atoms with Gasteiger partial charge in [-0.15, -0.1) is 0 Å². The number of fused-ring (bicyclic) bond motifs is 1. The van der Waals surface area contributed by atoms with Crippen molar-refractivity contribution in [3.63, 3.8) is 0 Å². The van der Waals surface area contributed by atoms with E-state index >= 15 is 0 Å². The van der Waals surface area contributed by atoms with Crippen LogP contribution >= 0.6 is 23.4 Å². The Balaban J connectivity index is 1.96. The van der Waals surface area contributed by atoms with E-state index in [-0.39, 0.29) is 5.02 Å². The third-order valence-corrected chi connectivity index (χ3v) is 4.18. The predicted molar refractivity (Wildman–Crippen MR) is 82.6 cm³/mol. The highest BCUT2D eigenvalue weighted by Gasteiger charge is 2.11. The lowest BCUT2D eigenvalue weighted by atomic mass is 10.3. The molecule has 4 nitrogen and oxygen atoms in total. The second-order valence-corrected chi connectivity index (χ2v) is 5.77. The maximum atomic E-state index is 13.3. The summed E-state index contributed by atoms with van der Waals surface area (Å²) < 4.78 is 18.5. The first kappa shape index (κ1) is 14.0. The number of nitrogens with zero attached hydrogens (tertiary/aromatic N) is 1. The summed E-state index contributed by atoms with van der Waals surface area (Å²) >= 11 is 7.07. The minimum absolute atomic E-state index is 0.0319. The number of H-pyrrole nitrogens is 1. The summed E-state index contributed by atoms with van der Waals surface area (Å²) in [6.45, 7) is 0. The van der Waals surface area contributed by atoms with Crippen LogP contribution in [0, 0.1) is 5.82 Å². The molecule has 0 aliphatic carbocycles. The van der Waals surface area contributed by atoms with Crippen molar-refractivity contribution < 1.29 is 9.13 Å². The fraction of sp³-hybridized carbons (Fsp3) is 0.0714. The lowest BCUT2D eigenvalue weighted by Crippen LogP contribution is -1.91. The van der Waals surface area contributed by atoms with Gasteiger partial charge in [-0.3, -0.25) is 0 Å². The van der Waals surface area contributed by atoms with Crippen LogP contribution in [0.3, 0.4) is 0 Å². The number of hydrogen-bond acceptors (Lipinski definition) is 4. The molecular weight excluding hydrogens is 313 g/mol. The molecule has 2 aromatic carbocycles. The van der Waals surface area contributed by atoms with Crippen LogP contribution in [0.5, 0.6) is 5.75 Å². The number of imidazole rings is 1. The molecule has 1 heterocycles. The first-order valence-electron chi connectivity index (χ1n) is 6.03. The number of aromatic amines is 1. The summed E-state index contributed by atoms with van der Waals surface area (Å²) in [6, 6.07) is 8.24. The summed E-state index contributed by atoms with van der Waals surface area (Å²) in [6.07, 6.45) is 0. The van der Waals surface area contributed by atoms with Crippen LogP contribution in [0.4, 0.5) is 10.1 Å². The van der Waals surface area contributed by atoms with E-state index in [1.54, 1.807) is 7.11 Å². The number of nitrogen functional groups attached to an aromatic ring is 1. The van der Waals surface area contributed by atoms with Crippen molar-refractivity contribution in [1.82, 2.24) is 9.97 Å².